The van der Waals surface area contributed by atoms with Crippen molar-refractivity contribution in [1.29, 1.82) is 0 Å². The van der Waals surface area contributed by atoms with Crippen molar-refractivity contribution in [3.05, 3.63) is 52.6 Å². The molecule has 0 bridgehead atoms. The van der Waals surface area contributed by atoms with Gasteiger partial charge in [-0.1, -0.05) is 24.9 Å². The van der Waals surface area contributed by atoms with Crippen LogP contribution in [0.25, 0.3) is 11.1 Å². The first-order valence-corrected chi connectivity index (χ1v) is 9.23. The molecule has 1 heterocycles. The molecule has 2 fully saturated rings. The summed E-state index contributed by atoms with van der Waals surface area (Å²) in [5, 5.41) is 0. The summed E-state index contributed by atoms with van der Waals surface area (Å²) in [6, 6.07) is 6.74. The molecule has 2 saturated carbocycles. The van der Waals surface area contributed by atoms with Crippen LogP contribution in [0.15, 0.2) is 24.3 Å². The Morgan fingerprint density at radius 1 is 1.04 bits per heavy atom. The van der Waals surface area contributed by atoms with E-state index in [9.17, 15) is 4.39 Å². The van der Waals surface area contributed by atoms with Crippen molar-refractivity contribution in [2.45, 2.75) is 56.9 Å². The van der Waals surface area contributed by atoms with Gasteiger partial charge in [-0.15, -0.1) is 0 Å². The minimum atomic E-state index is -0.220. The zero-order valence-corrected chi connectivity index (χ0v) is 14.7. The van der Waals surface area contributed by atoms with E-state index < -0.39 is 0 Å². The molecule has 0 spiro atoms. The average Bonchev–Trinajstić information content (AvgIpc) is 3.40. The molecule has 0 atom stereocenters. The van der Waals surface area contributed by atoms with E-state index in [1.54, 1.807) is 7.11 Å². The highest BCUT2D eigenvalue weighted by molar-refractivity contribution is 6.09. The lowest BCUT2D eigenvalue weighted by Crippen LogP contribution is -2.18. The standard InChI is InChI=1S/C21H23BFNO/c1-25-12-18-19(13-7-9-16(23)10-8-13)17(11-22)20(15-5-6-15)24-21(18)14-3-2-4-14/h7-10,14-15H,2-6,11-12H2,1H3. The number of halogens is 1. The van der Waals surface area contributed by atoms with Gasteiger partial charge in [0.15, 0.2) is 0 Å². The summed E-state index contributed by atoms with van der Waals surface area (Å²) in [6.45, 7) is 0.517. The van der Waals surface area contributed by atoms with Gasteiger partial charge in [-0.05, 0) is 54.5 Å². The van der Waals surface area contributed by atoms with Gasteiger partial charge in [-0.25, -0.2) is 4.39 Å². The van der Waals surface area contributed by atoms with E-state index in [4.69, 9.17) is 17.6 Å². The molecule has 4 rings (SSSR count). The molecule has 2 aromatic rings. The zero-order valence-electron chi connectivity index (χ0n) is 14.7. The van der Waals surface area contributed by atoms with Gasteiger partial charge in [-0.2, -0.15) is 0 Å². The monoisotopic (exact) mass is 335 g/mol. The van der Waals surface area contributed by atoms with Crippen LogP contribution in [0.3, 0.4) is 0 Å². The van der Waals surface area contributed by atoms with Crippen molar-refractivity contribution in [2.24, 2.45) is 0 Å². The maximum atomic E-state index is 13.5. The number of rotatable bonds is 6. The lowest BCUT2D eigenvalue weighted by Gasteiger charge is -2.30. The van der Waals surface area contributed by atoms with Crippen LogP contribution < -0.4 is 0 Å². The Bertz CT molecular complexity index is 766. The molecular formula is C21H23BFNO. The average molecular weight is 335 g/mol. The van der Waals surface area contributed by atoms with Crippen LogP contribution in [0.2, 0.25) is 0 Å². The maximum absolute atomic E-state index is 13.5. The molecule has 2 aliphatic rings. The number of ether oxygens (including phenoxy) is 1. The van der Waals surface area contributed by atoms with Gasteiger partial charge in [0.1, 0.15) is 5.82 Å². The van der Waals surface area contributed by atoms with Crippen molar-refractivity contribution in [3.63, 3.8) is 0 Å². The fourth-order valence-corrected chi connectivity index (χ4v) is 3.88. The normalized spacial score (nSPS) is 17.5. The summed E-state index contributed by atoms with van der Waals surface area (Å²) >= 11 is 0. The molecule has 2 nitrogen and oxygen atoms in total. The number of hydrogen-bond acceptors (Lipinski definition) is 2. The SMILES string of the molecule is [B]Cc1c(C2CC2)nc(C2CCC2)c(COC)c1-c1ccc(F)cc1. The van der Waals surface area contributed by atoms with Crippen LogP contribution in [-0.4, -0.2) is 19.9 Å². The summed E-state index contributed by atoms with van der Waals surface area (Å²) in [4.78, 5) is 5.12. The lowest BCUT2D eigenvalue weighted by molar-refractivity contribution is 0.182. The minimum Gasteiger partial charge on any atom is -0.380 e. The van der Waals surface area contributed by atoms with Crippen molar-refractivity contribution < 1.29 is 9.13 Å². The summed E-state index contributed by atoms with van der Waals surface area (Å²) in [5.41, 5.74) is 6.75. The molecular weight excluding hydrogens is 312 g/mol. The smallest absolute Gasteiger partial charge is 0.123 e. The van der Waals surface area contributed by atoms with Crippen molar-refractivity contribution in [2.75, 3.05) is 7.11 Å². The Hall–Kier alpha value is -1.68. The lowest BCUT2D eigenvalue weighted by atomic mass is 9.77. The van der Waals surface area contributed by atoms with Gasteiger partial charge >= 0.3 is 0 Å². The molecule has 1 aromatic carbocycles. The van der Waals surface area contributed by atoms with Crippen LogP contribution in [0, 0.1) is 5.82 Å². The number of nitrogens with zero attached hydrogens (tertiary/aromatic N) is 1. The van der Waals surface area contributed by atoms with Crippen LogP contribution in [0.5, 0.6) is 0 Å². The Balaban J connectivity index is 1.96. The second kappa shape index (κ2) is 6.91. The van der Waals surface area contributed by atoms with E-state index in [-0.39, 0.29) is 5.82 Å². The third-order valence-corrected chi connectivity index (χ3v) is 5.54. The zero-order chi connectivity index (χ0) is 17.4. The van der Waals surface area contributed by atoms with Crippen molar-refractivity contribution in [3.8, 4) is 11.1 Å². The second-order valence-corrected chi connectivity index (χ2v) is 7.26. The van der Waals surface area contributed by atoms with Crippen LogP contribution in [0.1, 0.15) is 66.5 Å². The van der Waals surface area contributed by atoms with Gasteiger partial charge in [0, 0.05) is 35.9 Å². The molecule has 0 saturated heterocycles. The van der Waals surface area contributed by atoms with Gasteiger partial charge in [-0.3, -0.25) is 4.98 Å². The Labute approximate surface area is 150 Å². The molecule has 0 amide bonds. The van der Waals surface area contributed by atoms with E-state index in [1.165, 1.54) is 55.6 Å². The van der Waals surface area contributed by atoms with E-state index in [2.05, 4.69) is 0 Å². The van der Waals surface area contributed by atoms with E-state index >= 15 is 0 Å². The van der Waals surface area contributed by atoms with Crippen molar-refractivity contribution >= 4 is 7.85 Å². The molecule has 128 valence electrons. The third kappa shape index (κ3) is 3.13. The molecule has 2 radical (unpaired) electrons. The number of methoxy groups -OCH3 is 1. The topological polar surface area (TPSA) is 22.1 Å². The summed E-state index contributed by atoms with van der Waals surface area (Å²) < 4.78 is 19.0. The van der Waals surface area contributed by atoms with E-state index in [1.807, 2.05) is 12.1 Å². The first-order valence-electron chi connectivity index (χ1n) is 9.23. The van der Waals surface area contributed by atoms with Gasteiger partial charge in [0.05, 0.1) is 14.5 Å². The molecule has 1 aromatic heterocycles. The minimum absolute atomic E-state index is 0.220. The number of pyridine rings is 1. The Morgan fingerprint density at radius 3 is 2.20 bits per heavy atom. The molecule has 25 heavy (non-hydrogen) atoms. The van der Waals surface area contributed by atoms with Gasteiger partial charge in [0.25, 0.3) is 0 Å². The first kappa shape index (κ1) is 16.8. The Kier molecular flexibility index (Phi) is 4.64. The highest BCUT2D eigenvalue weighted by Crippen LogP contribution is 2.47. The fourth-order valence-electron chi connectivity index (χ4n) is 3.88. The maximum Gasteiger partial charge on any atom is 0.123 e. The van der Waals surface area contributed by atoms with E-state index in [0.717, 1.165) is 22.3 Å². The molecule has 0 unspecified atom stereocenters. The fraction of sp³-hybridized carbons (Fsp3) is 0.476. The molecule has 2 aliphatic carbocycles. The van der Waals surface area contributed by atoms with Crippen LogP contribution in [0.4, 0.5) is 4.39 Å². The molecule has 4 heteroatoms. The highest BCUT2D eigenvalue weighted by Gasteiger charge is 2.33. The number of hydrogen-bond donors (Lipinski definition) is 0. The first-order chi connectivity index (χ1) is 12.2. The summed E-state index contributed by atoms with van der Waals surface area (Å²) in [6.07, 6.45) is 6.49. The van der Waals surface area contributed by atoms with Gasteiger partial charge in [0.2, 0.25) is 0 Å². The highest BCUT2D eigenvalue weighted by atomic mass is 19.1. The molecule has 0 N–H and O–H groups in total. The predicted octanol–water partition coefficient (Wildman–Crippen LogP) is 4.85. The van der Waals surface area contributed by atoms with E-state index in [0.29, 0.717) is 24.8 Å². The number of benzene rings is 1. The second-order valence-electron chi connectivity index (χ2n) is 7.26. The predicted molar refractivity (Wildman–Crippen MR) is 98.4 cm³/mol. The molecule has 0 aliphatic heterocycles. The largest absolute Gasteiger partial charge is 0.380 e. The van der Waals surface area contributed by atoms with Crippen LogP contribution in [-0.2, 0) is 17.7 Å². The van der Waals surface area contributed by atoms with Crippen molar-refractivity contribution in [1.82, 2.24) is 4.98 Å². The quantitative estimate of drug-likeness (QED) is 0.704. The summed E-state index contributed by atoms with van der Waals surface area (Å²) in [5.74, 6) is 0.837. The third-order valence-electron chi connectivity index (χ3n) is 5.54. The number of aromatic nitrogens is 1. The summed E-state index contributed by atoms with van der Waals surface area (Å²) in [7, 11) is 7.89. The van der Waals surface area contributed by atoms with Gasteiger partial charge < -0.3 is 4.74 Å². The van der Waals surface area contributed by atoms with Crippen LogP contribution >= 0.6 is 0 Å². The Morgan fingerprint density at radius 2 is 1.68 bits per heavy atom.